The maximum atomic E-state index is 9.32. The first kappa shape index (κ1) is 18.2. The Labute approximate surface area is 174 Å². The third-order valence-corrected chi connectivity index (χ3v) is 5.21. The first-order valence-electron chi connectivity index (χ1n) is 9.86. The molecule has 0 saturated carbocycles. The molecule has 0 bridgehead atoms. The van der Waals surface area contributed by atoms with Crippen LogP contribution in [0.1, 0.15) is 17.0 Å². The van der Waals surface area contributed by atoms with Crippen molar-refractivity contribution in [2.75, 3.05) is 0 Å². The van der Waals surface area contributed by atoms with Gasteiger partial charge in [0.05, 0.1) is 6.61 Å². The molecule has 0 atom stereocenters. The molecular weight excluding hydrogens is 372 g/mol. The van der Waals surface area contributed by atoms with E-state index >= 15 is 0 Å². The summed E-state index contributed by atoms with van der Waals surface area (Å²) in [6.45, 7) is 0.0132. The van der Waals surface area contributed by atoms with Gasteiger partial charge >= 0.3 is 0 Å². The van der Waals surface area contributed by atoms with Crippen LogP contribution in [0.2, 0.25) is 0 Å². The van der Waals surface area contributed by atoms with Gasteiger partial charge in [0, 0.05) is 34.6 Å². The molecule has 5 nitrogen and oxygen atoms in total. The lowest BCUT2D eigenvalue weighted by atomic mass is 10.0. The van der Waals surface area contributed by atoms with Crippen LogP contribution in [-0.2, 0) is 13.0 Å². The molecule has 0 amide bonds. The van der Waals surface area contributed by atoms with Crippen molar-refractivity contribution in [2.24, 2.45) is 0 Å². The number of rotatable bonds is 5. The van der Waals surface area contributed by atoms with E-state index in [9.17, 15) is 5.11 Å². The summed E-state index contributed by atoms with van der Waals surface area (Å²) in [5, 5.41) is 19.5. The van der Waals surface area contributed by atoms with Crippen LogP contribution < -0.4 is 0 Å². The van der Waals surface area contributed by atoms with Crippen molar-refractivity contribution in [3.8, 4) is 22.5 Å². The van der Waals surface area contributed by atoms with Crippen molar-refractivity contribution >= 4 is 10.9 Å². The van der Waals surface area contributed by atoms with Crippen LogP contribution in [0, 0.1) is 0 Å². The molecule has 2 heterocycles. The monoisotopic (exact) mass is 392 g/mol. The zero-order valence-corrected chi connectivity index (χ0v) is 16.3. The zero-order chi connectivity index (χ0) is 20.3. The molecule has 5 rings (SSSR count). The first-order valence-corrected chi connectivity index (χ1v) is 9.86. The minimum Gasteiger partial charge on any atom is -0.392 e. The number of hydrogen-bond donors (Lipinski definition) is 2. The third-order valence-electron chi connectivity index (χ3n) is 5.21. The largest absolute Gasteiger partial charge is 0.392 e. The van der Waals surface area contributed by atoms with Gasteiger partial charge in [-0.2, -0.15) is 0 Å². The van der Waals surface area contributed by atoms with Crippen molar-refractivity contribution in [1.82, 2.24) is 20.2 Å². The Morgan fingerprint density at radius 3 is 2.27 bits per heavy atom. The van der Waals surface area contributed by atoms with E-state index in [-0.39, 0.29) is 6.61 Å². The Kier molecular flexibility index (Phi) is 4.79. The summed E-state index contributed by atoms with van der Waals surface area (Å²) in [6.07, 6.45) is 2.61. The number of fused-ring (bicyclic) bond motifs is 1. The van der Waals surface area contributed by atoms with Crippen molar-refractivity contribution < 1.29 is 5.11 Å². The van der Waals surface area contributed by atoms with Gasteiger partial charge < -0.3 is 10.1 Å². The molecule has 0 radical (unpaired) electrons. The molecular formula is C25H20N4O. The molecule has 5 heteroatoms. The molecule has 146 valence electrons. The number of para-hydroxylation sites is 1. The maximum absolute atomic E-state index is 9.32. The first-order chi connectivity index (χ1) is 14.8. The number of aliphatic hydroxyl groups excluding tert-OH is 1. The summed E-state index contributed by atoms with van der Waals surface area (Å²) in [6, 6.07) is 25.9. The quantitative estimate of drug-likeness (QED) is 0.452. The number of aromatic nitrogens is 4. The molecule has 0 unspecified atom stereocenters. The van der Waals surface area contributed by atoms with Crippen LogP contribution in [0.4, 0.5) is 0 Å². The van der Waals surface area contributed by atoms with Gasteiger partial charge in [0.2, 0.25) is 0 Å². The third kappa shape index (κ3) is 3.47. The molecule has 2 N–H and O–H groups in total. The fourth-order valence-electron chi connectivity index (χ4n) is 3.64. The Morgan fingerprint density at radius 2 is 1.47 bits per heavy atom. The number of aliphatic hydroxyl groups is 1. The molecule has 2 aromatic heterocycles. The lowest BCUT2D eigenvalue weighted by molar-refractivity contribution is 0.282. The van der Waals surface area contributed by atoms with Gasteiger partial charge in [0.15, 0.2) is 5.82 Å². The summed E-state index contributed by atoms with van der Waals surface area (Å²) in [5.41, 5.74) is 6.55. The van der Waals surface area contributed by atoms with Gasteiger partial charge in [0.1, 0.15) is 11.4 Å². The molecule has 0 spiro atoms. The summed E-state index contributed by atoms with van der Waals surface area (Å²) >= 11 is 0. The Balaban J connectivity index is 1.58. The lowest BCUT2D eigenvalue weighted by Gasteiger charge is -2.10. The molecule has 0 saturated heterocycles. The van der Waals surface area contributed by atoms with E-state index in [1.54, 1.807) is 0 Å². The molecule has 0 fully saturated rings. The number of benzene rings is 3. The SMILES string of the molecule is OCc1ccc(-c2nnc(Cc3c[nH]c4ccccc34)nc2-c2ccccc2)cc1. The van der Waals surface area contributed by atoms with Gasteiger partial charge in [-0.25, -0.2) is 4.98 Å². The molecule has 0 aliphatic carbocycles. The highest BCUT2D eigenvalue weighted by atomic mass is 16.3. The predicted molar refractivity (Wildman–Crippen MR) is 118 cm³/mol. The Hall–Kier alpha value is -3.83. The van der Waals surface area contributed by atoms with Crippen molar-refractivity contribution in [1.29, 1.82) is 0 Å². The smallest absolute Gasteiger partial charge is 0.156 e. The van der Waals surface area contributed by atoms with E-state index in [1.165, 1.54) is 5.39 Å². The second kappa shape index (κ2) is 7.89. The second-order valence-corrected chi connectivity index (χ2v) is 7.18. The molecule has 30 heavy (non-hydrogen) atoms. The molecule has 0 aliphatic rings. The number of aromatic amines is 1. The van der Waals surface area contributed by atoms with E-state index < -0.39 is 0 Å². The Morgan fingerprint density at radius 1 is 0.733 bits per heavy atom. The highest BCUT2D eigenvalue weighted by Crippen LogP contribution is 2.29. The van der Waals surface area contributed by atoms with E-state index in [1.807, 2.05) is 72.9 Å². The summed E-state index contributed by atoms with van der Waals surface area (Å²) in [5.74, 6) is 0.675. The van der Waals surface area contributed by atoms with Crippen molar-refractivity contribution in [3.05, 3.63) is 102 Å². The Bertz CT molecular complexity index is 1290. The number of nitrogens with one attached hydrogen (secondary N) is 1. The highest BCUT2D eigenvalue weighted by molar-refractivity contribution is 5.83. The van der Waals surface area contributed by atoms with Crippen LogP contribution in [0.5, 0.6) is 0 Å². The fraction of sp³-hybridized carbons (Fsp3) is 0.0800. The lowest BCUT2D eigenvalue weighted by Crippen LogP contribution is -2.04. The van der Waals surface area contributed by atoms with E-state index in [4.69, 9.17) is 4.98 Å². The van der Waals surface area contributed by atoms with Gasteiger partial charge in [-0.15, -0.1) is 10.2 Å². The van der Waals surface area contributed by atoms with E-state index in [0.717, 1.165) is 39.2 Å². The number of nitrogens with zero attached hydrogens (tertiary/aromatic N) is 3. The van der Waals surface area contributed by atoms with Crippen molar-refractivity contribution in [2.45, 2.75) is 13.0 Å². The summed E-state index contributed by atoms with van der Waals surface area (Å²) < 4.78 is 0. The highest BCUT2D eigenvalue weighted by Gasteiger charge is 2.15. The van der Waals surface area contributed by atoms with Crippen LogP contribution in [0.15, 0.2) is 85.1 Å². The van der Waals surface area contributed by atoms with Gasteiger partial charge in [-0.1, -0.05) is 72.8 Å². The standard InChI is InChI=1S/C25H20N4O/c30-16-17-10-12-19(13-11-17)25-24(18-6-2-1-3-7-18)27-23(28-29-25)14-20-15-26-22-9-5-4-8-21(20)22/h1-13,15,26,30H,14,16H2. The minimum absolute atomic E-state index is 0.0132. The molecule has 3 aromatic carbocycles. The summed E-state index contributed by atoms with van der Waals surface area (Å²) in [7, 11) is 0. The predicted octanol–water partition coefficient (Wildman–Crippen LogP) is 4.77. The fourth-order valence-corrected chi connectivity index (χ4v) is 3.64. The van der Waals surface area contributed by atoms with Crippen molar-refractivity contribution in [3.63, 3.8) is 0 Å². The maximum Gasteiger partial charge on any atom is 0.156 e. The zero-order valence-electron chi connectivity index (χ0n) is 16.3. The number of hydrogen-bond acceptors (Lipinski definition) is 4. The normalized spacial score (nSPS) is 11.1. The average molecular weight is 392 g/mol. The van der Waals surface area contributed by atoms with Crippen LogP contribution >= 0.6 is 0 Å². The van der Waals surface area contributed by atoms with E-state index in [0.29, 0.717) is 12.2 Å². The van der Waals surface area contributed by atoms with Gasteiger partial charge in [0.25, 0.3) is 0 Å². The van der Waals surface area contributed by atoms with Gasteiger partial charge in [-0.3, -0.25) is 0 Å². The van der Waals surface area contributed by atoms with E-state index in [2.05, 4.69) is 27.3 Å². The second-order valence-electron chi connectivity index (χ2n) is 7.18. The van der Waals surface area contributed by atoms with Gasteiger partial charge in [-0.05, 0) is 17.2 Å². The topological polar surface area (TPSA) is 74.7 Å². The van der Waals surface area contributed by atoms with Crippen LogP contribution in [0.3, 0.4) is 0 Å². The van der Waals surface area contributed by atoms with Crippen LogP contribution in [-0.4, -0.2) is 25.3 Å². The summed E-state index contributed by atoms with van der Waals surface area (Å²) in [4.78, 5) is 8.21. The number of H-pyrrole nitrogens is 1. The average Bonchev–Trinajstić information content (AvgIpc) is 3.22. The molecule has 0 aliphatic heterocycles. The minimum atomic E-state index is 0.0132. The molecule has 5 aromatic rings. The van der Waals surface area contributed by atoms with Crippen LogP contribution in [0.25, 0.3) is 33.4 Å².